The van der Waals surface area contributed by atoms with Crippen molar-refractivity contribution in [3.63, 3.8) is 0 Å². The minimum Gasteiger partial charge on any atom is -0.481 e. The smallest absolute Gasteiger partial charge is 0.304 e. The number of hydrogen-bond donors (Lipinski definition) is 2. The van der Waals surface area contributed by atoms with Crippen LogP contribution in [0.4, 0.5) is 0 Å². The second kappa shape index (κ2) is 7.95. The summed E-state index contributed by atoms with van der Waals surface area (Å²) < 4.78 is 31.5. The number of carbonyl (C=O) groups is 1. The van der Waals surface area contributed by atoms with E-state index in [1.54, 1.807) is 0 Å². The zero-order chi connectivity index (χ0) is 16.0. The van der Waals surface area contributed by atoms with Gasteiger partial charge in [0, 0.05) is 6.04 Å². The molecule has 0 aliphatic carbocycles. The lowest BCUT2D eigenvalue weighted by atomic mass is 9.87. The van der Waals surface area contributed by atoms with Gasteiger partial charge in [-0.15, -0.1) is 0 Å². The Morgan fingerprint density at radius 1 is 1.30 bits per heavy atom. The second-order valence-electron chi connectivity index (χ2n) is 6.42. The van der Waals surface area contributed by atoms with E-state index in [9.17, 15) is 13.2 Å². The van der Waals surface area contributed by atoms with Crippen molar-refractivity contribution in [3.8, 4) is 0 Å². The molecule has 1 atom stereocenters. The number of carboxylic acid groups (broad SMARTS) is 1. The predicted octanol–water partition coefficient (Wildman–Crippen LogP) is 1.61. The van der Waals surface area contributed by atoms with Crippen molar-refractivity contribution in [3.05, 3.63) is 0 Å². The van der Waals surface area contributed by atoms with E-state index in [4.69, 9.17) is 9.84 Å². The first-order chi connectivity index (χ1) is 8.91. The van der Waals surface area contributed by atoms with Gasteiger partial charge < -0.3 is 9.84 Å². The van der Waals surface area contributed by atoms with Gasteiger partial charge in [0.1, 0.15) is 0 Å². The molecule has 0 saturated carbocycles. The highest BCUT2D eigenvalue weighted by molar-refractivity contribution is 7.89. The first-order valence-electron chi connectivity index (χ1n) is 6.75. The van der Waals surface area contributed by atoms with Crippen LogP contribution in [-0.4, -0.2) is 44.0 Å². The highest BCUT2D eigenvalue weighted by Crippen LogP contribution is 2.22. The summed E-state index contributed by atoms with van der Waals surface area (Å²) in [5.74, 6) is -1.17. The molecule has 0 bridgehead atoms. The molecule has 0 aromatic carbocycles. The Labute approximate surface area is 121 Å². The maximum atomic E-state index is 11.9. The molecule has 0 amide bonds. The minimum absolute atomic E-state index is 0.0328. The molecule has 7 heteroatoms. The molecule has 0 saturated heterocycles. The largest absolute Gasteiger partial charge is 0.481 e. The normalized spacial score (nSPS) is 14.5. The van der Waals surface area contributed by atoms with Crippen molar-refractivity contribution in [1.82, 2.24) is 4.72 Å². The molecule has 6 nitrogen and oxygen atoms in total. The lowest BCUT2D eigenvalue weighted by Gasteiger charge is -2.25. The number of sulfonamides is 1. The van der Waals surface area contributed by atoms with Crippen LogP contribution in [0.25, 0.3) is 0 Å². The van der Waals surface area contributed by atoms with Crippen molar-refractivity contribution < 1.29 is 23.1 Å². The topological polar surface area (TPSA) is 92.7 Å². The van der Waals surface area contributed by atoms with Gasteiger partial charge in [0.25, 0.3) is 0 Å². The average Bonchev–Trinajstić information content (AvgIpc) is 2.10. The zero-order valence-electron chi connectivity index (χ0n) is 13.0. The van der Waals surface area contributed by atoms with Crippen LogP contribution in [0, 0.1) is 5.41 Å². The summed E-state index contributed by atoms with van der Waals surface area (Å²) in [5.41, 5.74) is -0.156. The van der Waals surface area contributed by atoms with Gasteiger partial charge in [-0.25, -0.2) is 13.1 Å². The van der Waals surface area contributed by atoms with Gasteiger partial charge >= 0.3 is 5.97 Å². The van der Waals surface area contributed by atoms with E-state index in [-0.39, 0.29) is 30.3 Å². The summed E-state index contributed by atoms with van der Waals surface area (Å²) in [4.78, 5) is 10.8. The summed E-state index contributed by atoms with van der Waals surface area (Å²) in [6.07, 6.45) is 0.208. The van der Waals surface area contributed by atoms with E-state index in [2.05, 4.69) is 4.72 Å². The Balaban J connectivity index is 4.57. The molecule has 2 N–H and O–H groups in total. The third kappa shape index (κ3) is 11.2. The lowest BCUT2D eigenvalue weighted by Crippen LogP contribution is -2.41. The average molecular weight is 309 g/mol. The lowest BCUT2D eigenvalue weighted by molar-refractivity contribution is -0.137. The fraction of sp³-hybridized carbons (Fsp3) is 0.923. The van der Waals surface area contributed by atoms with Crippen LogP contribution < -0.4 is 4.72 Å². The molecular formula is C13H27NO5S. The van der Waals surface area contributed by atoms with Crippen LogP contribution in [0.15, 0.2) is 0 Å². The Bertz CT molecular complexity index is 397. The van der Waals surface area contributed by atoms with Gasteiger partial charge in [-0.2, -0.15) is 0 Å². The van der Waals surface area contributed by atoms with E-state index in [0.717, 1.165) is 0 Å². The Hall–Kier alpha value is -0.660. The zero-order valence-corrected chi connectivity index (χ0v) is 13.8. The monoisotopic (exact) mass is 309 g/mol. The summed E-state index contributed by atoms with van der Waals surface area (Å²) in [7, 11) is -3.53. The van der Waals surface area contributed by atoms with Crippen molar-refractivity contribution in [2.45, 2.75) is 59.6 Å². The summed E-state index contributed by atoms with van der Waals surface area (Å²) in [6, 6.07) is -0.600. The number of carboxylic acids is 1. The van der Waals surface area contributed by atoms with Gasteiger partial charge in [-0.05, 0) is 25.7 Å². The second-order valence-corrected chi connectivity index (χ2v) is 8.29. The van der Waals surface area contributed by atoms with E-state index in [1.165, 1.54) is 0 Å². The van der Waals surface area contributed by atoms with Gasteiger partial charge in [0.2, 0.25) is 10.0 Å². The van der Waals surface area contributed by atoms with Crippen molar-refractivity contribution in [2.75, 3.05) is 12.4 Å². The molecule has 0 aromatic rings. The number of aliphatic carboxylic acids is 1. The summed E-state index contributed by atoms with van der Waals surface area (Å²) in [6.45, 7) is 9.58. The fourth-order valence-electron chi connectivity index (χ4n) is 1.81. The van der Waals surface area contributed by atoms with Crippen LogP contribution in [0.3, 0.4) is 0 Å². The molecule has 0 aromatic heterocycles. The fourth-order valence-corrected chi connectivity index (χ4v) is 2.92. The Kier molecular flexibility index (Phi) is 7.69. The van der Waals surface area contributed by atoms with Gasteiger partial charge in [-0.1, -0.05) is 20.8 Å². The van der Waals surface area contributed by atoms with Crippen LogP contribution in [0.5, 0.6) is 0 Å². The molecule has 0 heterocycles. The van der Waals surface area contributed by atoms with Crippen LogP contribution in [0.1, 0.15) is 47.5 Å². The molecule has 0 fully saturated rings. The minimum atomic E-state index is -3.53. The predicted molar refractivity (Wildman–Crippen MR) is 78.1 cm³/mol. The van der Waals surface area contributed by atoms with Crippen molar-refractivity contribution in [2.24, 2.45) is 5.41 Å². The van der Waals surface area contributed by atoms with Crippen molar-refractivity contribution >= 4 is 16.0 Å². The standard InChI is InChI=1S/C13H27NO5S/c1-10(2)19-6-7-20(17,18)14-11(8-12(15)16)9-13(3,4)5/h10-11,14H,6-9H2,1-5H3,(H,15,16). The molecule has 0 radical (unpaired) electrons. The van der Waals surface area contributed by atoms with E-state index < -0.39 is 22.0 Å². The maximum absolute atomic E-state index is 11.9. The van der Waals surface area contributed by atoms with Gasteiger partial charge in [-0.3, -0.25) is 4.79 Å². The first kappa shape index (κ1) is 19.3. The maximum Gasteiger partial charge on any atom is 0.304 e. The van der Waals surface area contributed by atoms with Gasteiger partial charge in [0.05, 0.1) is 24.9 Å². The third-order valence-corrected chi connectivity index (χ3v) is 3.83. The number of ether oxygens (including phenoxy) is 1. The third-order valence-electron chi connectivity index (χ3n) is 2.43. The molecular weight excluding hydrogens is 282 g/mol. The molecule has 0 rings (SSSR count). The van der Waals surface area contributed by atoms with Crippen LogP contribution in [-0.2, 0) is 19.6 Å². The molecule has 0 aliphatic heterocycles. The first-order valence-corrected chi connectivity index (χ1v) is 8.40. The Morgan fingerprint density at radius 2 is 1.85 bits per heavy atom. The molecule has 1 unspecified atom stereocenters. The molecule has 0 spiro atoms. The van der Waals surface area contributed by atoms with E-state index >= 15 is 0 Å². The molecule has 120 valence electrons. The van der Waals surface area contributed by atoms with Crippen LogP contribution >= 0.6 is 0 Å². The molecule has 20 heavy (non-hydrogen) atoms. The summed E-state index contributed by atoms with van der Waals surface area (Å²) >= 11 is 0. The number of nitrogens with one attached hydrogen (secondary N) is 1. The number of rotatable bonds is 9. The van der Waals surface area contributed by atoms with Crippen LogP contribution in [0.2, 0.25) is 0 Å². The summed E-state index contributed by atoms with van der Waals surface area (Å²) in [5, 5.41) is 8.87. The quantitative estimate of drug-likeness (QED) is 0.675. The van der Waals surface area contributed by atoms with Gasteiger partial charge in [0.15, 0.2) is 0 Å². The van der Waals surface area contributed by atoms with E-state index in [0.29, 0.717) is 6.42 Å². The Morgan fingerprint density at radius 3 is 2.25 bits per heavy atom. The number of hydrogen-bond acceptors (Lipinski definition) is 4. The highest BCUT2D eigenvalue weighted by Gasteiger charge is 2.25. The molecule has 0 aliphatic rings. The highest BCUT2D eigenvalue weighted by atomic mass is 32.2. The van der Waals surface area contributed by atoms with Crippen molar-refractivity contribution in [1.29, 1.82) is 0 Å². The van der Waals surface area contributed by atoms with E-state index in [1.807, 2.05) is 34.6 Å². The SMILES string of the molecule is CC(C)OCCS(=O)(=O)NC(CC(=O)O)CC(C)(C)C.